The predicted molar refractivity (Wildman–Crippen MR) is 263 cm³/mol. The lowest BCUT2D eigenvalue weighted by atomic mass is 10.0. The second kappa shape index (κ2) is 23.3. The monoisotopic (exact) mass is 1000 g/mol. The zero-order chi connectivity index (χ0) is 49.2. The summed E-state index contributed by atoms with van der Waals surface area (Å²) in [7, 11) is 0. The van der Waals surface area contributed by atoms with Gasteiger partial charge in [0.15, 0.2) is 0 Å². The number of nitrogens with zero attached hydrogens (tertiary/aromatic N) is 6. The van der Waals surface area contributed by atoms with Crippen LogP contribution in [0, 0.1) is 5.92 Å². The van der Waals surface area contributed by atoms with Crippen LogP contribution in [0.5, 0.6) is 0 Å². The highest BCUT2D eigenvalue weighted by Gasteiger charge is 2.36. The second-order valence-electron chi connectivity index (χ2n) is 16.6. The first kappa shape index (κ1) is 51.3. The number of piperazine rings is 2. The average molecular weight is 1000 g/mol. The number of carbonyl (C=O) groups excluding carboxylic acids is 8. The average Bonchev–Trinajstić information content (AvgIpc) is 3.72. The van der Waals surface area contributed by atoms with Crippen molar-refractivity contribution in [3.63, 3.8) is 0 Å². The van der Waals surface area contributed by atoms with Crippen molar-refractivity contribution in [2.75, 3.05) is 75.2 Å². The van der Waals surface area contributed by atoms with E-state index in [1.165, 1.54) is 0 Å². The van der Waals surface area contributed by atoms with Gasteiger partial charge in [0.05, 0.1) is 22.3 Å². The first-order valence-electron chi connectivity index (χ1n) is 22.0. The van der Waals surface area contributed by atoms with Gasteiger partial charge in [-0.05, 0) is 67.6 Å². The van der Waals surface area contributed by atoms with Gasteiger partial charge in [-0.25, -0.2) is 0 Å². The number of aldehydes is 1. The number of fused-ring (bicyclic) bond motifs is 2. The molecule has 356 valence electrons. The molecule has 2 fully saturated rings. The van der Waals surface area contributed by atoms with E-state index in [9.17, 15) is 38.4 Å². The van der Waals surface area contributed by atoms with Crippen molar-refractivity contribution >= 4 is 105 Å². The van der Waals surface area contributed by atoms with Crippen molar-refractivity contribution in [1.82, 2.24) is 19.6 Å². The van der Waals surface area contributed by atoms with Crippen molar-refractivity contribution in [2.24, 2.45) is 5.92 Å². The molecule has 0 saturated carbocycles. The Morgan fingerprint density at radius 1 is 0.588 bits per heavy atom. The van der Waals surface area contributed by atoms with E-state index in [1.807, 2.05) is 29.2 Å². The quantitative estimate of drug-likeness (QED) is 0.0774. The standard InChI is InChI=1S/C25H25Cl2N3O4.C14H16Cl2N2O.C11H9NO3/c1-16(12-20(31)6-7-30-24(33)21-4-2-3-5-22(21)25(30)34)23(32)29-10-8-28(9-11-29)19-14-17(26)13-18(27)15-19;1-10(2)14(19)18-5-3-17(4-6-18)13-8-11(15)7-12(16)9-13;13-7-3-6-12-10(14)8-4-1-2-5-9(8)11(12)15/h2-5,13-16H,6-12H2,1H3;7-9H,1,3-6H2,2H3;1-2,4-5,7H,3,6H2. The molecule has 0 aromatic heterocycles. The first-order valence-corrected chi connectivity index (χ1v) is 23.5. The molecule has 2 saturated heterocycles. The summed E-state index contributed by atoms with van der Waals surface area (Å²) >= 11 is 24.2. The van der Waals surface area contributed by atoms with Gasteiger partial charge in [-0.2, -0.15) is 0 Å². The topological polar surface area (TPSA) is 156 Å². The normalized spacial score (nSPS) is 15.8. The highest BCUT2D eigenvalue weighted by Crippen LogP contribution is 2.29. The summed E-state index contributed by atoms with van der Waals surface area (Å²) in [5.74, 6) is -2.03. The van der Waals surface area contributed by atoms with E-state index >= 15 is 0 Å². The third-order valence-electron chi connectivity index (χ3n) is 11.7. The summed E-state index contributed by atoms with van der Waals surface area (Å²) in [4.78, 5) is 106. The Hall–Kier alpha value is -6.06. The SMILES string of the molecule is C=C(C)C(=O)N1CCN(c2cc(Cl)cc(Cl)c2)CC1.CC(CC(=O)CCN1C(=O)c2ccccc2C1=O)C(=O)N1CCN(c2cc(Cl)cc(Cl)c2)CC1.O=CCCN1C(=O)c2ccccc2C1=O. The summed E-state index contributed by atoms with van der Waals surface area (Å²) in [6.45, 7) is 12.6. The number of ketones is 1. The van der Waals surface area contributed by atoms with Gasteiger partial charge >= 0.3 is 0 Å². The van der Waals surface area contributed by atoms with E-state index in [4.69, 9.17) is 46.4 Å². The minimum absolute atomic E-state index is 0.0208. The van der Waals surface area contributed by atoms with E-state index in [0.717, 1.165) is 34.3 Å². The summed E-state index contributed by atoms with van der Waals surface area (Å²) in [5.41, 5.74) is 4.08. The smallest absolute Gasteiger partial charge is 0.261 e. The lowest BCUT2D eigenvalue weighted by Gasteiger charge is -2.37. The van der Waals surface area contributed by atoms with Gasteiger partial charge < -0.3 is 24.4 Å². The molecule has 4 aliphatic rings. The van der Waals surface area contributed by atoms with Gasteiger partial charge in [0.2, 0.25) is 11.8 Å². The number of Topliss-reactive ketones (excluding diaryl/α,β-unsaturated/α-hetero) is 1. The summed E-state index contributed by atoms with van der Waals surface area (Å²) < 4.78 is 0. The fourth-order valence-electron chi connectivity index (χ4n) is 8.21. The van der Waals surface area contributed by atoms with Crippen LogP contribution in [0.15, 0.2) is 97.1 Å². The Bertz CT molecular complexity index is 2520. The van der Waals surface area contributed by atoms with Gasteiger partial charge in [0.1, 0.15) is 12.1 Å². The molecular formula is C50H50Cl4N6O8. The van der Waals surface area contributed by atoms with Crippen LogP contribution >= 0.6 is 46.4 Å². The van der Waals surface area contributed by atoms with Gasteiger partial charge in [0.25, 0.3) is 23.6 Å². The number of benzene rings is 4. The van der Waals surface area contributed by atoms with E-state index in [1.54, 1.807) is 79.4 Å². The third kappa shape index (κ3) is 12.5. The molecule has 4 aromatic carbocycles. The first-order chi connectivity index (χ1) is 32.5. The van der Waals surface area contributed by atoms with Gasteiger partial charge in [-0.1, -0.05) is 84.2 Å². The molecule has 1 unspecified atom stereocenters. The molecule has 68 heavy (non-hydrogen) atoms. The van der Waals surface area contributed by atoms with Gasteiger partial charge in [-0.15, -0.1) is 0 Å². The number of carbonyl (C=O) groups is 8. The molecule has 18 heteroatoms. The second-order valence-corrected chi connectivity index (χ2v) is 18.3. The number of amides is 6. The Morgan fingerprint density at radius 2 is 0.956 bits per heavy atom. The number of anilines is 2. The van der Waals surface area contributed by atoms with E-state index < -0.39 is 5.92 Å². The van der Waals surface area contributed by atoms with E-state index in [2.05, 4.69) is 16.4 Å². The molecular weight excluding hydrogens is 954 g/mol. The molecule has 4 aliphatic heterocycles. The molecule has 4 aromatic rings. The minimum atomic E-state index is -0.471. The van der Waals surface area contributed by atoms with Crippen molar-refractivity contribution in [2.45, 2.75) is 33.1 Å². The van der Waals surface area contributed by atoms with Crippen molar-refractivity contribution < 1.29 is 38.4 Å². The maximum absolute atomic E-state index is 12.9. The molecule has 0 N–H and O–H groups in total. The Kier molecular flexibility index (Phi) is 17.6. The Morgan fingerprint density at radius 3 is 1.32 bits per heavy atom. The highest BCUT2D eigenvalue weighted by atomic mass is 35.5. The fraction of sp³-hybridized carbons (Fsp3) is 0.320. The zero-order valence-corrected chi connectivity index (χ0v) is 40.6. The van der Waals surface area contributed by atoms with E-state index in [0.29, 0.717) is 93.5 Å². The van der Waals surface area contributed by atoms with Crippen molar-refractivity contribution in [3.8, 4) is 0 Å². The van der Waals surface area contributed by atoms with Gasteiger partial charge in [-0.3, -0.25) is 43.4 Å². The lowest BCUT2D eigenvalue weighted by molar-refractivity contribution is -0.137. The molecule has 4 heterocycles. The minimum Gasteiger partial charge on any atom is -0.368 e. The summed E-state index contributed by atoms with van der Waals surface area (Å²) in [5, 5.41) is 2.38. The van der Waals surface area contributed by atoms with Crippen LogP contribution < -0.4 is 9.80 Å². The zero-order valence-electron chi connectivity index (χ0n) is 37.6. The van der Waals surface area contributed by atoms with Crippen LogP contribution in [0.25, 0.3) is 0 Å². The van der Waals surface area contributed by atoms with Crippen LogP contribution in [0.3, 0.4) is 0 Å². The molecule has 0 bridgehead atoms. The van der Waals surface area contributed by atoms with Gasteiger partial charge in [0, 0.05) is 128 Å². The highest BCUT2D eigenvalue weighted by molar-refractivity contribution is 6.35. The maximum Gasteiger partial charge on any atom is 0.261 e. The number of rotatable bonds is 12. The van der Waals surface area contributed by atoms with E-state index in [-0.39, 0.29) is 73.6 Å². The van der Waals surface area contributed by atoms with Crippen molar-refractivity contribution in [1.29, 1.82) is 0 Å². The third-order valence-corrected chi connectivity index (χ3v) is 12.6. The van der Waals surface area contributed by atoms with Crippen LogP contribution in [0.2, 0.25) is 20.1 Å². The lowest BCUT2D eigenvalue weighted by Crippen LogP contribution is -2.50. The number of halogens is 4. The Balaban J connectivity index is 0.000000188. The summed E-state index contributed by atoms with van der Waals surface area (Å²) in [6.07, 6.45) is 0.994. The molecule has 8 rings (SSSR count). The van der Waals surface area contributed by atoms with Crippen molar-refractivity contribution in [3.05, 3.63) is 139 Å². The maximum atomic E-state index is 12.9. The number of hydrogen-bond acceptors (Lipinski definition) is 10. The molecule has 0 spiro atoms. The number of imide groups is 2. The van der Waals surface area contributed by atoms with Crippen LogP contribution in [-0.4, -0.2) is 133 Å². The summed E-state index contributed by atoms with van der Waals surface area (Å²) in [6, 6.07) is 24.2. The van der Waals surface area contributed by atoms with Crippen LogP contribution in [0.4, 0.5) is 11.4 Å². The number of hydrogen-bond donors (Lipinski definition) is 0. The van der Waals surface area contributed by atoms with Crippen LogP contribution in [-0.2, 0) is 19.2 Å². The Labute approximate surface area is 414 Å². The molecule has 1 atom stereocenters. The molecule has 14 nitrogen and oxygen atoms in total. The molecule has 0 radical (unpaired) electrons. The fourth-order valence-corrected chi connectivity index (χ4v) is 9.24. The molecule has 0 aliphatic carbocycles. The largest absolute Gasteiger partial charge is 0.368 e. The predicted octanol–water partition coefficient (Wildman–Crippen LogP) is 8.01. The van der Waals surface area contributed by atoms with Crippen LogP contribution in [0.1, 0.15) is 74.5 Å². The molecule has 6 amide bonds.